The summed E-state index contributed by atoms with van der Waals surface area (Å²) in [7, 11) is 0. The average molecular weight is 316 g/mol. The highest BCUT2D eigenvalue weighted by Crippen LogP contribution is 2.27. The molecule has 4 rings (SSSR count). The molecule has 0 fully saturated rings. The maximum Gasteiger partial charge on any atom is 0.246 e. The van der Waals surface area contributed by atoms with Crippen LogP contribution >= 0.6 is 0 Å². The number of hydrogen-bond acceptors (Lipinski definition) is 1. The van der Waals surface area contributed by atoms with Crippen molar-refractivity contribution in [2.24, 2.45) is 0 Å². The fourth-order valence-corrected chi connectivity index (χ4v) is 3.39. The van der Waals surface area contributed by atoms with E-state index < -0.39 is 0 Å². The molecule has 2 aromatic carbocycles. The molecule has 0 radical (unpaired) electrons. The van der Waals surface area contributed by atoms with Crippen LogP contribution in [0.25, 0.3) is 17.0 Å². The second-order valence-electron chi connectivity index (χ2n) is 6.33. The van der Waals surface area contributed by atoms with Crippen molar-refractivity contribution >= 4 is 22.9 Å². The number of aryl methyl sites for hydroxylation is 1. The van der Waals surface area contributed by atoms with Crippen LogP contribution < -0.4 is 0 Å². The molecular weight excluding hydrogens is 296 g/mol. The van der Waals surface area contributed by atoms with Crippen LogP contribution in [-0.4, -0.2) is 22.3 Å². The zero-order valence-corrected chi connectivity index (χ0v) is 13.8. The Morgan fingerprint density at radius 3 is 2.79 bits per heavy atom. The van der Waals surface area contributed by atoms with E-state index in [2.05, 4.69) is 36.2 Å². The minimum absolute atomic E-state index is 0.0779. The molecule has 120 valence electrons. The number of para-hydroxylation sites is 1. The average Bonchev–Trinajstić information content (AvgIpc) is 2.98. The maximum atomic E-state index is 12.6. The predicted molar refractivity (Wildman–Crippen MR) is 97.6 cm³/mol. The Labute approximate surface area is 141 Å². The Kier molecular flexibility index (Phi) is 3.69. The molecule has 2 heterocycles. The standard InChI is InChI=1S/C21H20N2O/c1-15-6-2-3-7-16(15)10-11-21(24)23-13-12-20-18(14-23)17-8-4-5-9-19(17)22-20/h2-11,22H,12-14H2,1H3/b11-10+. The highest BCUT2D eigenvalue weighted by atomic mass is 16.2. The van der Waals surface area contributed by atoms with Gasteiger partial charge in [-0.25, -0.2) is 0 Å². The first kappa shape index (κ1) is 14.8. The van der Waals surface area contributed by atoms with Crippen molar-refractivity contribution in [3.8, 4) is 0 Å². The zero-order valence-electron chi connectivity index (χ0n) is 13.8. The summed E-state index contributed by atoms with van der Waals surface area (Å²) >= 11 is 0. The number of fused-ring (bicyclic) bond motifs is 3. The molecule has 1 aromatic heterocycles. The first-order chi connectivity index (χ1) is 11.7. The lowest BCUT2D eigenvalue weighted by atomic mass is 10.0. The van der Waals surface area contributed by atoms with Crippen LogP contribution in [0.2, 0.25) is 0 Å². The van der Waals surface area contributed by atoms with E-state index >= 15 is 0 Å². The summed E-state index contributed by atoms with van der Waals surface area (Å²) in [5.74, 6) is 0.0779. The lowest BCUT2D eigenvalue weighted by molar-refractivity contribution is -0.126. The molecule has 0 saturated carbocycles. The summed E-state index contributed by atoms with van der Waals surface area (Å²) in [6.45, 7) is 3.50. The molecule has 3 heteroatoms. The molecule has 1 aliphatic heterocycles. The van der Waals surface area contributed by atoms with Crippen LogP contribution in [0.1, 0.15) is 22.4 Å². The number of aromatic nitrogens is 1. The van der Waals surface area contributed by atoms with Crippen LogP contribution in [0.4, 0.5) is 0 Å². The van der Waals surface area contributed by atoms with E-state index in [0.29, 0.717) is 6.54 Å². The molecule has 0 unspecified atom stereocenters. The van der Waals surface area contributed by atoms with E-state index in [1.807, 2.05) is 35.2 Å². The summed E-state index contributed by atoms with van der Waals surface area (Å²) in [5.41, 5.74) is 5.96. The van der Waals surface area contributed by atoms with E-state index in [-0.39, 0.29) is 5.91 Å². The Hall–Kier alpha value is -2.81. The Bertz CT molecular complexity index is 936. The normalized spacial score (nSPS) is 14.3. The van der Waals surface area contributed by atoms with Crippen molar-refractivity contribution in [2.75, 3.05) is 6.54 Å². The van der Waals surface area contributed by atoms with Gasteiger partial charge >= 0.3 is 0 Å². The number of amides is 1. The Morgan fingerprint density at radius 2 is 1.92 bits per heavy atom. The summed E-state index contributed by atoms with van der Waals surface area (Å²) in [6, 6.07) is 16.4. The molecule has 3 aromatic rings. The third kappa shape index (κ3) is 2.62. The number of nitrogens with one attached hydrogen (secondary N) is 1. The van der Waals surface area contributed by atoms with Crippen LogP contribution in [0.15, 0.2) is 54.6 Å². The minimum atomic E-state index is 0.0779. The number of carbonyl (C=O) groups excluding carboxylic acids is 1. The number of rotatable bonds is 2. The van der Waals surface area contributed by atoms with E-state index in [9.17, 15) is 4.79 Å². The van der Waals surface area contributed by atoms with Crippen LogP contribution in [-0.2, 0) is 17.8 Å². The van der Waals surface area contributed by atoms with Gasteiger partial charge in [-0.15, -0.1) is 0 Å². The monoisotopic (exact) mass is 316 g/mol. The van der Waals surface area contributed by atoms with Crippen molar-refractivity contribution in [2.45, 2.75) is 19.9 Å². The van der Waals surface area contributed by atoms with Crippen molar-refractivity contribution in [3.63, 3.8) is 0 Å². The van der Waals surface area contributed by atoms with Crippen LogP contribution in [0.5, 0.6) is 0 Å². The van der Waals surface area contributed by atoms with Gasteiger partial charge in [-0.1, -0.05) is 42.5 Å². The van der Waals surface area contributed by atoms with Crippen LogP contribution in [0, 0.1) is 6.92 Å². The molecule has 1 amide bonds. The lowest BCUT2D eigenvalue weighted by Gasteiger charge is -2.26. The molecule has 0 atom stereocenters. The van der Waals surface area contributed by atoms with Gasteiger partial charge in [0.15, 0.2) is 0 Å². The summed E-state index contributed by atoms with van der Waals surface area (Å²) in [4.78, 5) is 18.0. The number of nitrogens with zero attached hydrogens (tertiary/aromatic N) is 1. The van der Waals surface area contributed by atoms with Gasteiger partial charge < -0.3 is 9.88 Å². The summed E-state index contributed by atoms with van der Waals surface area (Å²) < 4.78 is 0. The van der Waals surface area contributed by atoms with Gasteiger partial charge in [0, 0.05) is 47.7 Å². The fourth-order valence-electron chi connectivity index (χ4n) is 3.39. The molecule has 3 nitrogen and oxygen atoms in total. The number of H-pyrrole nitrogens is 1. The van der Waals surface area contributed by atoms with Gasteiger partial charge in [-0.2, -0.15) is 0 Å². The van der Waals surface area contributed by atoms with Crippen molar-refractivity contribution in [1.82, 2.24) is 9.88 Å². The maximum absolute atomic E-state index is 12.6. The molecule has 0 aliphatic carbocycles. The van der Waals surface area contributed by atoms with Gasteiger partial charge in [0.05, 0.1) is 0 Å². The Balaban J connectivity index is 1.56. The number of hydrogen-bond donors (Lipinski definition) is 1. The van der Waals surface area contributed by atoms with Gasteiger partial charge in [0.2, 0.25) is 5.91 Å². The van der Waals surface area contributed by atoms with Crippen molar-refractivity contribution < 1.29 is 4.79 Å². The zero-order chi connectivity index (χ0) is 16.5. The largest absolute Gasteiger partial charge is 0.358 e. The summed E-state index contributed by atoms with van der Waals surface area (Å²) in [6.07, 6.45) is 4.50. The van der Waals surface area contributed by atoms with E-state index in [4.69, 9.17) is 0 Å². The summed E-state index contributed by atoms with van der Waals surface area (Å²) in [5, 5.41) is 1.23. The molecular formula is C21H20N2O. The molecule has 0 saturated heterocycles. The van der Waals surface area contributed by atoms with Gasteiger partial charge in [-0.05, 0) is 30.2 Å². The predicted octanol–water partition coefficient (Wildman–Crippen LogP) is 4.07. The smallest absolute Gasteiger partial charge is 0.246 e. The van der Waals surface area contributed by atoms with Gasteiger partial charge in [0.1, 0.15) is 0 Å². The third-order valence-electron chi connectivity index (χ3n) is 4.79. The van der Waals surface area contributed by atoms with E-state index in [1.165, 1.54) is 22.2 Å². The second-order valence-corrected chi connectivity index (χ2v) is 6.33. The first-order valence-corrected chi connectivity index (χ1v) is 8.33. The molecule has 0 spiro atoms. The minimum Gasteiger partial charge on any atom is -0.358 e. The fraction of sp³-hybridized carbons (Fsp3) is 0.190. The number of aromatic amines is 1. The van der Waals surface area contributed by atoms with Gasteiger partial charge in [-0.3, -0.25) is 4.79 Å². The Morgan fingerprint density at radius 1 is 1.12 bits per heavy atom. The topological polar surface area (TPSA) is 36.1 Å². The molecule has 1 N–H and O–H groups in total. The van der Waals surface area contributed by atoms with Crippen LogP contribution in [0.3, 0.4) is 0 Å². The van der Waals surface area contributed by atoms with Gasteiger partial charge in [0.25, 0.3) is 0 Å². The SMILES string of the molecule is Cc1ccccc1/C=C/C(=O)N1CCc2[nH]c3ccccc3c2C1. The third-order valence-corrected chi connectivity index (χ3v) is 4.79. The highest BCUT2D eigenvalue weighted by molar-refractivity contribution is 5.93. The molecule has 1 aliphatic rings. The van der Waals surface area contributed by atoms with E-state index in [1.54, 1.807) is 6.08 Å². The number of benzene rings is 2. The molecule has 24 heavy (non-hydrogen) atoms. The second kappa shape index (κ2) is 6.00. The van der Waals surface area contributed by atoms with Crippen molar-refractivity contribution in [1.29, 1.82) is 0 Å². The molecule has 0 bridgehead atoms. The quantitative estimate of drug-likeness (QED) is 0.711. The van der Waals surface area contributed by atoms with Crippen molar-refractivity contribution in [3.05, 3.63) is 77.0 Å². The first-order valence-electron chi connectivity index (χ1n) is 8.33. The number of carbonyl (C=O) groups is 1. The van der Waals surface area contributed by atoms with E-state index in [0.717, 1.165) is 24.0 Å². The highest BCUT2D eigenvalue weighted by Gasteiger charge is 2.22. The lowest BCUT2D eigenvalue weighted by Crippen LogP contribution is -2.34.